The molecule has 3 heterocycles. The highest BCUT2D eigenvalue weighted by Gasteiger charge is 2.29. The summed E-state index contributed by atoms with van der Waals surface area (Å²) in [5.41, 5.74) is 5.93. The van der Waals surface area contributed by atoms with Crippen molar-refractivity contribution in [3.8, 4) is 23.2 Å². The molecule has 2 aromatic carbocycles. The number of nitrogens with zero attached hydrogens (tertiary/aromatic N) is 4. The maximum atomic E-state index is 9.00. The Morgan fingerprint density at radius 1 is 1.18 bits per heavy atom. The molecule has 5 rings (SSSR count). The second-order valence-electron chi connectivity index (χ2n) is 8.36. The molecule has 7 heteroatoms. The second kappa shape index (κ2) is 9.77. The third kappa shape index (κ3) is 4.63. The van der Waals surface area contributed by atoms with Gasteiger partial charge in [-0.25, -0.2) is 4.98 Å². The van der Waals surface area contributed by atoms with Gasteiger partial charge in [0, 0.05) is 25.0 Å². The number of rotatable bonds is 7. The van der Waals surface area contributed by atoms with Gasteiger partial charge in [-0.3, -0.25) is 4.68 Å². The van der Waals surface area contributed by atoms with E-state index in [1.807, 2.05) is 66.5 Å². The molecule has 2 aromatic heterocycles. The number of hydrogen-bond donors (Lipinski definition) is 2. The van der Waals surface area contributed by atoms with Crippen LogP contribution in [0.5, 0.6) is 5.88 Å². The van der Waals surface area contributed by atoms with Crippen molar-refractivity contribution in [2.75, 3.05) is 18.4 Å². The van der Waals surface area contributed by atoms with Crippen LogP contribution in [0.25, 0.3) is 11.3 Å². The zero-order valence-corrected chi connectivity index (χ0v) is 19.0. The smallest absolute Gasteiger partial charge is 0.237 e. The number of nitriles is 1. The van der Waals surface area contributed by atoms with Crippen molar-refractivity contribution in [3.63, 3.8) is 0 Å². The number of aryl methyl sites for hydroxylation is 1. The van der Waals surface area contributed by atoms with Crippen LogP contribution < -0.4 is 15.4 Å². The highest BCUT2D eigenvalue weighted by atomic mass is 16.5. The first-order valence-electron chi connectivity index (χ1n) is 11.4. The number of pyridine rings is 1. The lowest BCUT2D eigenvalue weighted by atomic mass is 9.99. The van der Waals surface area contributed by atoms with Crippen molar-refractivity contribution < 1.29 is 4.74 Å². The summed E-state index contributed by atoms with van der Waals surface area (Å²) in [6.07, 6.45) is 4.35. The van der Waals surface area contributed by atoms with E-state index < -0.39 is 0 Å². The summed E-state index contributed by atoms with van der Waals surface area (Å²) in [5.74, 6) is 0.608. The summed E-state index contributed by atoms with van der Waals surface area (Å²) in [6, 6.07) is 24.3. The Balaban J connectivity index is 1.31. The van der Waals surface area contributed by atoms with Crippen molar-refractivity contribution in [2.24, 2.45) is 7.05 Å². The number of benzene rings is 2. The molecule has 34 heavy (non-hydrogen) atoms. The molecule has 1 aliphatic heterocycles. The highest BCUT2D eigenvalue weighted by Crippen LogP contribution is 2.34. The highest BCUT2D eigenvalue weighted by molar-refractivity contribution is 5.67. The van der Waals surface area contributed by atoms with Crippen molar-refractivity contribution in [1.29, 1.82) is 5.26 Å². The number of anilines is 1. The molecule has 0 bridgehead atoms. The molecule has 2 atom stereocenters. The standard InChI is InChI=1S/C27H26N6O/c1-33-24(12-14-32-33)22-15-23-27(31-17-22)34-25(18-30-23)26(21-5-3-2-4-6-21)29-13-11-19-7-9-20(16-28)10-8-19/h2-10,12,14-15,17,25-26,29-30H,11,13,18H2,1H3/t25-,26+/m0/s1. The van der Waals surface area contributed by atoms with Gasteiger partial charge in [0.05, 0.1) is 35.6 Å². The Hall–Kier alpha value is -4.15. The van der Waals surface area contributed by atoms with E-state index in [2.05, 4.69) is 45.0 Å². The van der Waals surface area contributed by atoms with Gasteiger partial charge < -0.3 is 15.4 Å². The van der Waals surface area contributed by atoms with Crippen LogP contribution in [0, 0.1) is 11.3 Å². The number of aromatic nitrogens is 3. The fourth-order valence-electron chi connectivity index (χ4n) is 4.29. The SMILES string of the molecule is Cn1nccc1-c1cnc2c(c1)NC[C@@H]([C@H](NCCc1ccc(C#N)cc1)c1ccccc1)O2. The first kappa shape index (κ1) is 21.7. The molecule has 0 amide bonds. The van der Waals surface area contributed by atoms with Gasteiger partial charge in [0.15, 0.2) is 0 Å². The lowest BCUT2D eigenvalue weighted by Gasteiger charge is -2.33. The van der Waals surface area contributed by atoms with Crippen LogP contribution in [0.15, 0.2) is 79.1 Å². The Labute approximate surface area is 199 Å². The van der Waals surface area contributed by atoms with E-state index in [4.69, 9.17) is 10.00 Å². The zero-order chi connectivity index (χ0) is 23.3. The molecule has 4 aromatic rings. The van der Waals surface area contributed by atoms with E-state index in [-0.39, 0.29) is 12.1 Å². The summed E-state index contributed by atoms with van der Waals surface area (Å²) in [7, 11) is 1.92. The van der Waals surface area contributed by atoms with E-state index in [0.29, 0.717) is 18.0 Å². The Bertz CT molecular complexity index is 1290. The van der Waals surface area contributed by atoms with Gasteiger partial charge in [0.2, 0.25) is 5.88 Å². The minimum absolute atomic E-state index is 0.00113. The van der Waals surface area contributed by atoms with Crippen LogP contribution in [0.3, 0.4) is 0 Å². The Morgan fingerprint density at radius 3 is 2.74 bits per heavy atom. The minimum Gasteiger partial charge on any atom is -0.469 e. The molecule has 7 nitrogen and oxygen atoms in total. The molecule has 1 aliphatic rings. The van der Waals surface area contributed by atoms with Crippen molar-refractivity contribution in [1.82, 2.24) is 20.1 Å². The fourth-order valence-corrected chi connectivity index (χ4v) is 4.29. The monoisotopic (exact) mass is 450 g/mol. The molecule has 170 valence electrons. The molecule has 0 saturated heterocycles. The molecular weight excluding hydrogens is 424 g/mol. The van der Waals surface area contributed by atoms with Crippen LogP contribution >= 0.6 is 0 Å². The first-order chi connectivity index (χ1) is 16.7. The summed E-state index contributed by atoms with van der Waals surface area (Å²) in [6.45, 7) is 1.44. The summed E-state index contributed by atoms with van der Waals surface area (Å²) in [5, 5.41) is 20.5. The average molecular weight is 451 g/mol. The summed E-state index contributed by atoms with van der Waals surface area (Å²) in [4.78, 5) is 4.61. The van der Waals surface area contributed by atoms with Crippen LogP contribution in [-0.4, -0.2) is 34.0 Å². The lowest BCUT2D eigenvalue weighted by Crippen LogP contribution is -2.43. The van der Waals surface area contributed by atoms with Crippen LogP contribution in [0.4, 0.5) is 5.69 Å². The van der Waals surface area contributed by atoms with Gasteiger partial charge in [-0.05, 0) is 48.4 Å². The lowest BCUT2D eigenvalue weighted by molar-refractivity contribution is 0.150. The first-order valence-corrected chi connectivity index (χ1v) is 11.4. The van der Waals surface area contributed by atoms with Gasteiger partial charge in [-0.2, -0.15) is 10.4 Å². The van der Waals surface area contributed by atoms with Crippen molar-refractivity contribution in [2.45, 2.75) is 18.6 Å². The van der Waals surface area contributed by atoms with Gasteiger partial charge >= 0.3 is 0 Å². The topological polar surface area (TPSA) is 87.8 Å². The molecule has 0 spiro atoms. The Morgan fingerprint density at radius 2 is 2.00 bits per heavy atom. The molecule has 2 N–H and O–H groups in total. The number of fused-ring (bicyclic) bond motifs is 1. The summed E-state index contributed by atoms with van der Waals surface area (Å²) < 4.78 is 8.22. The number of nitrogens with one attached hydrogen (secondary N) is 2. The molecule has 0 fully saturated rings. The number of ether oxygens (including phenoxy) is 1. The van der Waals surface area contributed by atoms with E-state index in [0.717, 1.165) is 29.9 Å². The minimum atomic E-state index is -0.120. The third-order valence-corrected chi connectivity index (χ3v) is 6.12. The largest absolute Gasteiger partial charge is 0.469 e. The van der Waals surface area contributed by atoms with Crippen LogP contribution in [0.1, 0.15) is 22.7 Å². The van der Waals surface area contributed by atoms with Gasteiger partial charge in [0.25, 0.3) is 0 Å². The maximum Gasteiger partial charge on any atom is 0.237 e. The van der Waals surface area contributed by atoms with Gasteiger partial charge in [0.1, 0.15) is 6.10 Å². The maximum absolute atomic E-state index is 9.00. The predicted octanol–water partition coefficient (Wildman–Crippen LogP) is 4.10. The third-order valence-electron chi connectivity index (χ3n) is 6.12. The van der Waals surface area contributed by atoms with E-state index in [1.165, 1.54) is 11.1 Å². The number of hydrogen-bond acceptors (Lipinski definition) is 6. The van der Waals surface area contributed by atoms with Crippen LogP contribution in [0.2, 0.25) is 0 Å². The average Bonchev–Trinajstić information content (AvgIpc) is 3.32. The normalized spacial score (nSPS) is 15.5. The fraction of sp³-hybridized carbons (Fsp3) is 0.222. The second-order valence-corrected chi connectivity index (χ2v) is 8.36. The predicted molar refractivity (Wildman–Crippen MR) is 131 cm³/mol. The van der Waals surface area contributed by atoms with Crippen molar-refractivity contribution >= 4 is 5.69 Å². The quantitative estimate of drug-likeness (QED) is 0.441. The molecule has 0 radical (unpaired) electrons. The molecule has 0 saturated carbocycles. The molecule has 0 aliphatic carbocycles. The van der Waals surface area contributed by atoms with Gasteiger partial charge in [-0.1, -0.05) is 42.5 Å². The summed E-state index contributed by atoms with van der Waals surface area (Å²) >= 11 is 0. The van der Waals surface area contributed by atoms with E-state index in [9.17, 15) is 0 Å². The van der Waals surface area contributed by atoms with E-state index in [1.54, 1.807) is 6.20 Å². The van der Waals surface area contributed by atoms with Crippen molar-refractivity contribution in [3.05, 3.63) is 95.8 Å². The molecular formula is C27H26N6O. The molecule has 0 unspecified atom stereocenters. The van der Waals surface area contributed by atoms with Crippen LogP contribution in [-0.2, 0) is 13.5 Å². The van der Waals surface area contributed by atoms with E-state index >= 15 is 0 Å². The zero-order valence-electron chi connectivity index (χ0n) is 19.0. The Kier molecular flexibility index (Phi) is 6.23. The van der Waals surface area contributed by atoms with Gasteiger partial charge in [-0.15, -0.1) is 0 Å².